The Kier molecular flexibility index (Phi) is 6.68. The molecule has 15 heteroatoms. The number of aromatic carboxylic acids is 1. The van der Waals surface area contributed by atoms with Gasteiger partial charge < -0.3 is 31.5 Å². The van der Waals surface area contributed by atoms with Gasteiger partial charge in [0.05, 0.1) is 17.3 Å². The maximum absolute atomic E-state index is 13.4. The van der Waals surface area contributed by atoms with E-state index in [4.69, 9.17) is 10.5 Å². The highest BCUT2D eigenvalue weighted by molar-refractivity contribution is 5.99. The highest BCUT2D eigenvalue weighted by Crippen LogP contribution is 2.35. The molecule has 1 aliphatic heterocycles. The Bertz CT molecular complexity index is 1880. The second kappa shape index (κ2) is 10.5. The van der Waals surface area contributed by atoms with Gasteiger partial charge in [-0.05, 0) is 60.2 Å². The maximum atomic E-state index is 13.4. The highest BCUT2D eigenvalue weighted by Gasteiger charge is 2.29. The second-order valence-corrected chi connectivity index (χ2v) is 10.1. The molecule has 1 aliphatic carbocycles. The number of ether oxygens (including phenoxy) is 1. The Morgan fingerprint density at radius 1 is 1.14 bits per heavy atom. The van der Waals surface area contributed by atoms with E-state index in [1.165, 1.54) is 12.1 Å². The first-order chi connectivity index (χ1) is 20.6. The number of aromatic nitrogens is 4. The maximum Gasteiger partial charge on any atom is 0.335 e. The number of anilines is 1. The Balaban J connectivity index is 1.26. The Hall–Kier alpha value is -5.86. The minimum absolute atomic E-state index is 0.0429. The van der Waals surface area contributed by atoms with Crippen LogP contribution in [0, 0.1) is 6.92 Å². The number of carboxylic acids is 1. The number of hydrogen-bond acceptors (Lipinski definition) is 9. The van der Waals surface area contributed by atoms with Crippen molar-refractivity contribution < 1.29 is 33.8 Å². The lowest BCUT2D eigenvalue weighted by molar-refractivity contribution is -0.118. The van der Waals surface area contributed by atoms with Crippen molar-refractivity contribution in [3.05, 3.63) is 81.4 Å². The lowest BCUT2D eigenvalue weighted by Gasteiger charge is -2.18. The molecule has 6 N–H and O–H groups in total. The number of rotatable bonds is 7. The van der Waals surface area contributed by atoms with E-state index in [0.29, 0.717) is 35.4 Å². The zero-order valence-electron chi connectivity index (χ0n) is 22.6. The molecule has 2 aromatic carbocycles. The van der Waals surface area contributed by atoms with Gasteiger partial charge in [0.1, 0.15) is 17.1 Å². The molecule has 0 radical (unpaired) electrons. The van der Waals surface area contributed by atoms with Crippen molar-refractivity contribution in [2.75, 3.05) is 11.9 Å². The SMILES string of the molecule is Cc1c(C(=O)O)ccc2c1CC[C@@H]2NC(=O)c1cc(C(=O)NCc2ccc3c(c2)NC(=O)CO3)n2nc(C(N)=O)nc2n1. The number of carboxylic acid groups (broad SMARTS) is 1. The number of hydrogen-bond donors (Lipinski definition) is 5. The fourth-order valence-corrected chi connectivity index (χ4v) is 5.26. The van der Waals surface area contributed by atoms with Crippen LogP contribution in [0.2, 0.25) is 0 Å². The van der Waals surface area contributed by atoms with Crippen LogP contribution in [0.4, 0.5) is 5.69 Å². The molecular weight excluding hydrogens is 560 g/mol. The normalized spacial score (nSPS) is 15.2. The summed E-state index contributed by atoms with van der Waals surface area (Å²) in [6, 6.07) is 9.08. The van der Waals surface area contributed by atoms with Crippen LogP contribution in [0.5, 0.6) is 5.75 Å². The number of carbonyl (C=O) groups is 5. The van der Waals surface area contributed by atoms with Crippen molar-refractivity contribution >= 4 is 41.1 Å². The van der Waals surface area contributed by atoms with Crippen LogP contribution >= 0.6 is 0 Å². The van der Waals surface area contributed by atoms with Crippen LogP contribution in [0.15, 0.2) is 36.4 Å². The Morgan fingerprint density at radius 3 is 2.72 bits per heavy atom. The predicted octanol–water partition coefficient (Wildman–Crippen LogP) is 0.908. The molecule has 0 fully saturated rings. The average molecular weight is 585 g/mol. The summed E-state index contributed by atoms with van der Waals surface area (Å²) in [5.74, 6) is -3.59. The molecule has 0 bridgehead atoms. The van der Waals surface area contributed by atoms with Crippen LogP contribution in [0.3, 0.4) is 0 Å². The van der Waals surface area contributed by atoms with Gasteiger partial charge in [-0.2, -0.15) is 9.50 Å². The van der Waals surface area contributed by atoms with Gasteiger partial charge in [-0.1, -0.05) is 12.1 Å². The first-order valence-corrected chi connectivity index (χ1v) is 13.2. The lowest BCUT2D eigenvalue weighted by atomic mass is 9.98. The van der Waals surface area contributed by atoms with E-state index >= 15 is 0 Å². The third-order valence-electron chi connectivity index (χ3n) is 7.36. The number of amides is 4. The van der Waals surface area contributed by atoms with E-state index in [-0.39, 0.29) is 47.6 Å². The van der Waals surface area contributed by atoms with Gasteiger partial charge in [-0.15, -0.1) is 5.10 Å². The summed E-state index contributed by atoms with van der Waals surface area (Å²) in [5, 5.41) is 21.8. The molecule has 4 aromatic rings. The quantitative estimate of drug-likeness (QED) is 0.207. The number of primary amides is 1. The number of nitrogens with one attached hydrogen (secondary N) is 3. The van der Waals surface area contributed by atoms with Crippen molar-refractivity contribution in [1.29, 1.82) is 0 Å². The topological polar surface area (TPSA) is 220 Å². The lowest BCUT2D eigenvalue weighted by Crippen LogP contribution is -2.30. The zero-order valence-corrected chi connectivity index (χ0v) is 22.6. The van der Waals surface area contributed by atoms with Crippen molar-refractivity contribution in [3.63, 3.8) is 0 Å². The number of nitrogens with zero attached hydrogens (tertiary/aromatic N) is 4. The number of carbonyl (C=O) groups excluding carboxylic acids is 4. The zero-order chi connectivity index (χ0) is 30.4. The van der Waals surface area contributed by atoms with E-state index in [9.17, 15) is 29.1 Å². The molecule has 6 rings (SSSR count). The smallest absolute Gasteiger partial charge is 0.335 e. The fraction of sp³-hybridized carbons (Fsp3) is 0.214. The monoisotopic (exact) mass is 584 g/mol. The van der Waals surface area contributed by atoms with Gasteiger partial charge in [-0.3, -0.25) is 19.2 Å². The van der Waals surface area contributed by atoms with Gasteiger partial charge in [0.2, 0.25) is 5.82 Å². The minimum atomic E-state index is -1.02. The van der Waals surface area contributed by atoms with Crippen LogP contribution in [-0.2, 0) is 17.8 Å². The van der Waals surface area contributed by atoms with Crippen LogP contribution < -0.4 is 26.4 Å². The van der Waals surface area contributed by atoms with E-state index in [0.717, 1.165) is 15.6 Å². The molecule has 218 valence electrons. The van der Waals surface area contributed by atoms with E-state index in [1.807, 2.05) is 0 Å². The highest BCUT2D eigenvalue weighted by atomic mass is 16.5. The second-order valence-electron chi connectivity index (χ2n) is 10.1. The summed E-state index contributed by atoms with van der Waals surface area (Å²) in [7, 11) is 0. The largest absolute Gasteiger partial charge is 0.482 e. The fourth-order valence-electron chi connectivity index (χ4n) is 5.26. The minimum Gasteiger partial charge on any atom is -0.482 e. The summed E-state index contributed by atoms with van der Waals surface area (Å²) in [4.78, 5) is 69.8. The van der Waals surface area contributed by atoms with Crippen molar-refractivity contribution in [3.8, 4) is 5.75 Å². The summed E-state index contributed by atoms with van der Waals surface area (Å²) in [6.45, 7) is 1.70. The molecule has 0 unspecified atom stereocenters. The number of fused-ring (bicyclic) bond motifs is 3. The molecule has 15 nitrogen and oxygen atoms in total. The van der Waals surface area contributed by atoms with Crippen molar-refractivity contribution in [1.82, 2.24) is 30.2 Å². The van der Waals surface area contributed by atoms with Crippen molar-refractivity contribution in [2.45, 2.75) is 32.4 Å². The standard InChI is InChI=1S/C28H24N8O7/c1-12-14-5-6-17(16(14)4-3-15(12)27(41)42)32-25(39)19-9-20(36-28(33-19)34-24(35-36)23(29)38)26(40)30-10-13-2-7-21-18(8-13)31-22(37)11-43-21/h2-4,7-9,17H,5-6,10-11H2,1H3,(H2,29,38)(H,30,40)(H,31,37)(H,32,39)(H,41,42)/t17-/m0/s1. The van der Waals surface area contributed by atoms with E-state index in [2.05, 4.69) is 31.0 Å². The van der Waals surface area contributed by atoms with E-state index < -0.39 is 29.7 Å². The molecule has 3 heterocycles. The van der Waals surface area contributed by atoms with Gasteiger partial charge in [-0.25, -0.2) is 9.78 Å². The third kappa shape index (κ3) is 5.07. The molecule has 43 heavy (non-hydrogen) atoms. The first-order valence-electron chi connectivity index (χ1n) is 13.2. The molecule has 0 spiro atoms. The van der Waals surface area contributed by atoms with Gasteiger partial charge in [0.15, 0.2) is 6.61 Å². The first kappa shape index (κ1) is 27.3. The van der Waals surface area contributed by atoms with Crippen LogP contribution in [0.25, 0.3) is 5.78 Å². The molecule has 2 aromatic heterocycles. The Morgan fingerprint density at radius 2 is 1.95 bits per heavy atom. The molecule has 2 aliphatic rings. The van der Waals surface area contributed by atoms with Gasteiger partial charge in [0.25, 0.3) is 29.4 Å². The van der Waals surface area contributed by atoms with Crippen molar-refractivity contribution in [2.24, 2.45) is 5.73 Å². The molecular formula is C28H24N8O7. The molecule has 4 amide bonds. The summed E-state index contributed by atoms with van der Waals surface area (Å²) in [6.07, 6.45) is 1.13. The predicted molar refractivity (Wildman–Crippen MR) is 148 cm³/mol. The molecule has 0 saturated carbocycles. The molecule has 1 atom stereocenters. The summed E-state index contributed by atoms with van der Waals surface area (Å²) < 4.78 is 6.38. The average Bonchev–Trinajstić information content (AvgIpc) is 3.60. The number of benzene rings is 2. The summed E-state index contributed by atoms with van der Waals surface area (Å²) in [5.41, 5.74) is 8.71. The van der Waals surface area contributed by atoms with Gasteiger partial charge in [0, 0.05) is 12.6 Å². The number of nitrogens with two attached hydrogens (primary N) is 1. The summed E-state index contributed by atoms with van der Waals surface area (Å²) >= 11 is 0. The van der Waals surface area contributed by atoms with E-state index in [1.54, 1.807) is 31.2 Å². The van der Waals surface area contributed by atoms with Crippen LogP contribution in [-0.4, -0.2) is 60.9 Å². The van der Waals surface area contributed by atoms with Crippen LogP contribution in [0.1, 0.15) is 76.7 Å². The van der Waals surface area contributed by atoms with Gasteiger partial charge >= 0.3 is 5.97 Å². The Labute approximate surface area is 242 Å². The third-order valence-corrected chi connectivity index (χ3v) is 7.36. The molecule has 0 saturated heterocycles.